The number of aryl methyl sites for hydroxylation is 1. The number of rotatable bonds is 7. The quantitative estimate of drug-likeness (QED) is 0.205. The summed E-state index contributed by atoms with van der Waals surface area (Å²) in [6.07, 6.45) is 3.49. The van der Waals surface area contributed by atoms with Gasteiger partial charge in [-0.15, -0.1) is 34.4 Å². The fourth-order valence-electron chi connectivity index (χ4n) is 3.32. The molecule has 1 radical (unpaired) electrons. The summed E-state index contributed by atoms with van der Waals surface area (Å²) >= 11 is 3.94. The molecule has 2 aromatic heterocycles. The van der Waals surface area contributed by atoms with Gasteiger partial charge < -0.3 is 21.0 Å². The van der Waals surface area contributed by atoms with Gasteiger partial charge >= 0.3 is 5.97 Å². The third-order valence-electron chi connectivity index (χ3n) is 4.87. The molecule has 0 aromatic carbocycles. The Bertz CT molecular complexity index is 1220. The Morgan fingerprint density at radius 1 is 1.38 bits per heavy atom. The Hall–Kier alpha value is -2.23. The van der Waals surface area contributed by atoms with Crippen LogP contribution in [-0.4, -0.2) is 97.3 Å². The first-order valence-electron chi connectivity index (χ1n) is 9.44. The summed E-state index contributed by atoms with van der Waals surface area (Å²) < 4.78 is 0. The molecule has 11 nitrogen and oxygen atoms in total. The molecule has 4 rings (SSSR count). The maximum absolute atomic E-state index is 12.9. The van der Waals surface area contributed by atoms with Gasteiger partial charge in [0.25, 0.3) is 11.8 Å². The van der Waals surface area contributed by atoms with Crippen LogP contribution >= 0.6 is 34.4 Å². The Balaban J connectivity index is 0.00000324. The van der Waals surface area contributed by atoms with E-state index in [0.29, 0.717) is 11.3 Å². The number of thioether (sulfide) groups is 1. The number of carbonyl (C=O) groups is 3. The normalized spacial score (nSPS) is 20.0. The number of carbonyl (C=O) groups excluding carboxylic acids is 2. The SMILES string of the molecule is CO/N=C(/C(=O)N[C@@H]1C(=O)N2C(C(=O)O)=C(/C=C/c3scnc3C)CS[C@H]12)c1csc(N)n1.[Na]. The van der Waals surface area contributed by atoms with Crippen LogP contribution in [0.4, 0.5) is 5.13 Å². The molecule has 4 heterocycles. The van der Waals surface area contributed by atoms with Crippen molar-refractivity contribution < 1.29 is 24.3 Å². The number of nitrogens with zero attached hydrogens (tertiary/aromatic N) is 4. The second-order valence-electron chi connectivity index (χ2n) is 6.87. The minimum Gasteiger partial charge on any atom is -0.477 e. The third kappa shape index (κ3) is 5.06. The number of aromatic nitrogens is 2. The average Bonchev–Trinajstić information content (AvgIpc) is 3.40. The molecule has 2 amide bonds. The largest absolute Gasteiger partial charge is 0.477 e. The molecule has 2 atom stereocenters. The van der Waals surface area contributed by atoms with Crippen molar-refractivity contribution in [2.45, 2.75) is 18.3 Å². The zero-order valence-electron chi connectivity index (χ0n) is 18.3. The number of anilines is 1. The molecule has 2 aliphatic heterocycles. The van der Waals surface area contributed by atoms with E-state index in [0.717, 1.165) is 21.9 Å². The van der Waals surface area contributed by atoms with Crippen molar-refractivity contribution in [1.82, 2.24) is 20.2 Å². The minimum atomic E-state index is -1.21. The number of amides is 2. The maximum atomic E-state index is 12.9. The molecule has 0 spiro atoms. The molecule has 173 valence electrons. The zero-order chi connectivity index (χ0) is 23.7. The number of nitrogens with two attached hydrogens (primary N) is 1. The number of β-lactam (4-membered cyclic amide) rings is 1. The summed E-state index contributed by atoms with van der Waals surface area (Å²) in [6, 6.07) is -0.913. The number of fused-ring (bicyclic) bond motifs is 1. The van der Waals surface area contributed by atoms with Gasteiger partial charge in [-0.25, -0.2) is 14.8 Å². The molecule has 2 aliphatic rings. The number of hydrogen-bond acceptors (Lipinski definition) is 11. The van der Waals surface area contributed by atoms with Gasteiger partial charge in [0, 0.05) is 45.6 Å². The van der Waals surface area contributed by atoms with Crippen LogP contribution in [0.1, 0.15) is 16.3 Å². The second kappa shape index (κ2) is 11.0. The molecule has 0 unspecified atom stereocenters. The number of thiazole rings is 2. The van der Waals surface area contributed by atoms with Gasteiger partial charge in [0.2, 0.25) is 0 Å². The number of carboxylic acids is 1. The number of allylic oxidation sites excluding steroid dienone is 1. The van der Waals surface area contributed by atoms with Gasteiger partial charge in [-0.2, -0.15) is 0 Å². The zero-order valence-corrected chi connectivity index (χ0v) is 22.8. The van der Waals surface area contributed by atoms with Gasteiger partial charge in [0.05, 0.1) is 11.2 Å². The average molecular weight is 530 g/mol. The number of hydrogen-bond donors (Lipinski definition) is 3. The topological polar surface area (TPSA) is 160 Å². The van der Waals surface area contributed by atoms with E-state index >= 15 is 0 Å². The fourth-order valence-corrected chi connectivity index (χ4v) is 5.88. The number of carboxylic acid groups (broad SMARTS) is 1. The van der Waals surface area contributed by atoms with E-state index in [2.05, 4.69) is 20.4 Å². The van der Waals surface area contributed by atoms with Gasteiger partial charge in [-0.3, -0.25) is 14.5 Å². The van der Waals surface area contributed by atoms with Crippen molar-refractivity contribution in [2.24, 2.45) is 5.16 Å². The molecule has 4 N–H and O–H groups in total. The third-order valence-corrected chi connectivity index (χ3v) is 7.74. The molecule has 0 bridgehead atoms. The molecule has 1 fully saturated rings. The molecule has 0 saturated carbocycles. The summed E-state index contributed by atoms with van der Waals surface area (Å²) in [6.45, 7) is 1.86. The van der Waals surface area contributed by atoms with Gasteiger partial charge in [0.1, 0.15) is 29.9 Å². The van der Waals surface area contributed by atoms with E-state index in [9.17, 15) is 19.5 Å². The van der Waals surface area contributed by atoms with E-state index in [4.69, 9.17) is 10.6 Å². The molecule has 0 aliphatic carbocycles. The van der Waals surface area contributed by atoms with Crippen molar-refractivity contribution in [1.29, 1.82) is 0 Å². The van der Waals surface area contributed by atoms with Gasteiger partial charge in [-0.1, -0.05) is 11.2 Å². The van der Waals surface area contributed by atoms with Crippen molar-refractivity contribution in [3.8, 4) is 0 Å². The monoisotopic (exact) mass is 529 g/mol. The molecular formula is C19H18N6NaO5S3. The summed E-state index contributed by atoms with van der Waals surface area (Å²) in [5.41, 5.74) is 8.68. The van der Waals surface area contributed by atoms with Gasteiger partial charge in [-0.05, 0) is 18.6 Å². The Morgan fingerprint density at radius 2 is 2.15 bits per heavy atom. The second-order valence-corrected chi connectivity index (χ2v) is 9.75. The van der Waals surface area contributed by atoms with Crippen LogP contribution in [0.15, 0.2) is 33.4 Å². The summed E-state index contributed by atoms with van der Waals surface area (Å²) in [5, 5.41) is 17.4. The fraction of sp³-hybridized carbons (Fsp3) is 0.263. The maximum Gasteiger partial charge on any atom is 0.352 e. The Labute approximate surface area is 228 Å². The van der Waals surface area contributed by atoms with Gasteiger partial charge in [0.15, 0.2) is 10.8 Å². The standard InChI is InChI=1S/C19H18N6O5S3.Na/c1-8-11(33-7-21-8)4-3-9-5-31-17-13(16(27)25(17)14(9)18(28)29)23-15(26)12(24-30-2)10-6-32-19(20)22-10;/h3-4,6-7,13,17H,5H2,1-2H3,(H2,20,22)(H,23,26)(H,28,29);/b4-3+,24-12+;/t13-,17-;/m1./s1. The first-order chi connectivity index (χ1) is 15.8. The summed E-state index contributed by atoms with van der Waals surface area (Å²) in [5.74, 6) is -2.04. The van der Waals surface area contributed by atoms with E-state index in [1.54, 1.807) is 23.0 Å². The Kier molecular flexibility index (Phi) is 8.54. The minimum absolute atomic E-state index is 0. The molecule has 2 aromatic rings. The molecule has 1 saturated heterocycles. The summed E-state index contributed by atoms with van der Waals surface area (Å²) in [4.78, 5) is 52.7. The molecule has 34 heavy (non-hydrogen) atoms. The number of nitrogens with one attached hydrogen (secondary N) is 1. The van der Waals surface area contributed by atoms with Crippen molar-refractivity contribution in [3.63, 3.8) is 0 Å². The van der Waals surface area contributed by atoms with Crippen molar-refractivity contribution in [2.75, 3.05) is 18.6 Å². The number of oxime groups is 1. The van der Waals surface area contributed by atoms with Crippen LogP contribution in [0, 0.1) is 6.92 Å². The predicted octanol–water partition coefficient (Wildman–Crippen LogP) is 0.912. The smallest absolute Gasteiger partial charge is 0.352 e. The predicted molar refractivity (Wildman–Crippen MR) is 131 cm³/mol. The first-order valence-corrected chi connectivity index (χ1v) is 12.2. The van der Waals surface area contributed by atoms with E-state index < -0.39 is 29.2 Å². The van der Waals surface area contributed by atoms with Crippen molar-refractivity contribution in [3.05, 3.63) is 44.5 Å². The van der Waals surface area contributed by atoms with E-state index in [-0.39, 0.29) is 51.8 Å². The van der Waals surface area contributed by atoms with Crippen LogP contribution in [-0.2, 0) is 19.2 Å². The van der Waals surface area contributed by atoms with E-state index in [1.165, 1.54) is 35.1 Å². The van der Waals surface area contributed by atoms with Crippen LogP contribution in [0.2, 0.25) is 0 Å². The summed E-state index contributed by atoms with van der Waals surface area (Å²) in [7, 11) is 1.28. The van der Waals surface area contributed by atoms with Crippen LogP contribution in [0.5, 0.6) is 0 Å². The van der Waals surface area contributed by atoms with Crippen LogP contribution < -0.4 is 11.1 Å². The molecular weight excluding hydrogens is 511 g/mol. The van der Waals surface area contributed by atoms with Crippen LogP contribution in [0.3, 0.4) is 0 Å². The molecule has 15 heteroatoms. The number of aliphatic carboxylic acids is 1. The first kappa shape index (κ1) is 26.4. The van der Waals surface area contributed by atoms with Crippen LogP contribution in [0.25, 0.3) is 6.08 Å². The number of nitrogen functional groups attached to an aromatic ring is 1. The van der Waals surface area contributed by atoms with E-state index in [1.807, 2.05) is 6.92 Å². The Morgan fingerprint density at radius 3 is 2.74 bits per heavy atom. The van der Waals surface area contributed by atoms with Crippen molar-refractivity contribution >= 4 is 98.7 Å².